The molecule has 1 aliphatic rings. The van der Waals surface area contributed by atoms with Crippen LogP contribution in [0.1, 0.15) is 57.6 Å². The number of nitrogens with two attached hydrogens (primary N) is 1. The molecule has 3 heteroatoms. The van der Waals surface area contributed by atoms with E-state index in [4.69, 9.17) is 5.73 Å². The molecule has 0 spiro atoms. The monoisotopic (exact) mass is 290 g/mol. The molecule has 0 saturated heterocycles. The number of amidine groups is 1. The molecule has 0 aromatic heterocycles. The SMILES string of the molecule is CC(C)(C)c1ccc(CSC(N)=NC2CCCC2)cc1. The van der Waals surface area contributed by atoms with Gasteiger partial charge in [0.2, 0.25) is 0 Å². The summed E-state index contributed by atoms with van der Waals surface area (Å²) in [6, 6.07) is 9.33. The normalized spacial score (nSPS) is 17.6. The van der Waals surface area contributed by atoms with Crippen molar-refractivity contribution < 1.29 is 0 Å². The smallest absolute Gasteiger partial charge is 0.154 e. The van der Waals surface area contributed by atoms with Gasteiger partial charge in [-0.25, -0.2) is 0 Å². The van der Waals surface area contributed by atoms with E-state index in [1.165, 1.54) is 36.8 Å². The van der Waals surface area contributed by atoms with Crippen molar-refractivity contribution >= 4 is 16.9 Å². The first-order chi connectivity index (χ1) is 9.45. The Morgan fingerprint density at radius 2 is 1.80 bits per heavy atom. The first-order valence-electron chi connectivity index (χ1n) is 7.50. The van der Waals surface area contributed by atoms with Crippen LogP contribution < -0.4 is 5.73 Å². The summed E-state index contributed by atoms with van der Waals surface area (Å²) in [6.45, 7) is 6.72. The number of nitrogens with zero attached hydrogens (tertiary/aromatic N) is 1. The van der Waals surface area contributed by atoms with Crippen LogP contribution in [-0.4, -0.2) is 11.2 Å². The lowest BCUT2D eigenvalue weighted by Crippen LogP contribution is -2.12. The summed E-state index contributed by atoms with van der Waals surface area (Å²) in [5.74, 6) is 0.909. The summed E-state index contributed by atoms with van der Waals surface area (Å²) in [4.78, 5) is 4.61. The standard InChI is InChI=1S/C17H26N2S/c1-17(2,3)14-10-8-13(9-11-14)12-20-16(18)19-15-6-4-5-7-15/h8-11,15H,4-7,12H2,1-3H3,(H2,18,19). The molecule has 1 aromatic carbocycles. The molecule has 1 saturated carbocycles. The highest BCUT2D eigenvalue weighted by Gasteiger charge is 2.14. The number of thioether (sulfide) groups is 1. The Morgan fingerprint density at radius 3 is 2.35 bits per heavy atom. The topological polar surface area (TPSA) is 38.4 Å². The summed E-state index contributed by atoms with van der Waals surface area (Å²) in [6.07, 6.45) is 5.03. The molecule has 0 unspecified atom stereocenters. The van der Waals surface area contributed by atoms with E-state index in [-0.39, 0.29) is 5.41 Å². The van der Waals surface area contributed by atoms with Gasteiger partial charge in [-0.1, -0.05) is 69.6 Å². The summed E-state index contributed by atoms with van der Waals surface area (Å²) >= 11 is 1.66. The maximum absolute atomic E-state index is 6.01. The fourth-order valence-electron chi connectivity index (χ4n) is 2.51. The van der Waals surface area contributed by atoms with Crippen LogP contribution in [0.25, 0.3) is 0 Å². The largest absolute Gasteiger partial charge is 0.379 e. The fraction of sp³-hybridized carbons (Fsp3) is 0.588. The predicted octanol–water partition coefficient (Wildman–Crippen LogP) is 4.47. The lowest BCUT2D eigenvalue weighted by Gasteiger charge is -2.19. The van der Waals surface area contributed by atoms with Crippen molar-refractivity contribution in [1.82, 2.24) is 0 Å². The molecule has 0 radical (unpaired) electrons. The zero-order chi connectivity index (χ0) is 14.6. The third-order valence-electron chi connectivity index (χ3n) is 3.84. The van der Waals surface area contributed by atoms with Crippen molar-refractivity contribution in [2.75, 3.05) is 0 Å². The van der Waals surface area contributed by atoms with Crippen LogP contribution in [0.5, 0.6) is 0 Å². The van der Waals surface area contributed by atoms with Gasteiger partial charge in [0.15, 0.2) is 5.17 Å². The van der Waals surface area contributed by atoms with Gasteiger partial charge in [-0.05, 0) is 29.4 Å². The van der Waals surface area contributed by atoms with Crippen LogP contribution in [0.15, 0.2) is 29.3 Å². The molecule has 20 heavy (non-hydrogen) atoms. The van der Waals surface area contributed by atoms with Crippen LogP contribution in [0, 0.1) is 0 Å². The number of rotatable bonds is 3. The van der Waals surface area contributed by atoms with E-state index in [9.17, 15) is 0 Å². The number of benzene rings is 1. The van der Waals surface area contributed by atoms with Crippen LogP contribution in [0.2, 0.25) is 0 Å². The van der Waals surface area contributed by atoms with Gasteiger partial charge in [-0.2, -0.15) is 0 Å². The van der Waals surface area contributed by atoms with Gasteiger partial charge in [0.25, 0.3) is 0 Å². The second kappa shape index (κ2) is 6.66. The zero-order valence-electron chi connectivity index (χ0n) is 12.9. The van der Waals surface area contributed by atoms with E-state index >= 15 is 0 Å². The molecule has 0 atom stereocenters. The molecule has 0 heterocycles. The molecular weight excluding hydrogens is 264 g/mol. The zero-order valence-corrected chi connectivity index (χ0v) is 13.7. The summed E-state index contributed by atoms with van der Waals surface area (Å²) in [5, 5.41) is 0.747. The summed E-state index contributed by atoms with van der Waals surface area (Å²) in [5.41, 5.74) is 8.92. The Balaban J connectivity index is 1.87. The number of aliphatic imine (C=N–C) groups is 1. The van der Waals surface area contributed by atoms with E-state index < -0.39 is 0 Å². The highest BCUT2D eigenvalue weighted by molar-refractivity contribution is 8.13. The molecule has 110 valence electrons. The predicted molar refractivity (Wildman–Crippen MR) is 90.3 cm³/mol. The Hall–Kier alpha value is -0.960. The second-order valence-corrected chi connectivity index (χ2v) is 7.64. The van der Waals surface area contributed by atoms with Gasteiger partial charge in [0, 0.05) is 5.75 Å². The van der Waals surface area contributed by atoms with Gasteiger partial charge < -0.3 is 5.73 Å². The second-order valence-electron chi connectivity index (χ2n) is 6.64. The van der Waals surface area contributed by atoms with Crippen LogP contribution in [0.4, 0.5) is 0 Å². The van der Waals surface area contributed by atoms with Crippen molar-refractivity contribution in [3.05, 3.63) is 35.4 Å². The maximum Gasteiger partial charge on any atom is 0.154 e. The van der Waals surface area contributed by atoms with Gasteiger partial charge in [-0.3, -0.25) is 4.99 Å². The first-order valence-corrected chi connectivity index (χ1v) is 8.49. The molecule has 0 aliphatic heterocycles. The maximum atomic E-state index is 6.01. The Bertz CT molecular complexity index is 451. The summed E-state index contributed by atoms with van der Waals surface area (Å²) < 4.78 is 0. The van der Waals surface area contributed by atoms with Crippen molar-refractivity contribution in [2.24, 2.45) is 10.7 Å². The Kier molecular flexibility index (Phi) is 5.14. The highest BCUT2D eigenvalue weighted by atomic mass is 32.2. The Labute approximate surface area is 127 Å². The average molecular weight is 290 g/mol. The molecule has 1 aromatic rings. The lowest BCUT2D eigenvalue weighted by atomic mass is 9.87. The van der Waals surface area contributed by atoms with Crippen molar-refractivity contribution in [1.29, 1.82) is 0 Å². The van der Waals surface area contributed by atoms with E-state index in [1.54, 1.807) is 11.8 Å². The molecule has 2 rings (SSSR count). The Morgan fingerprint density at radius 1 is 1.20 bits per heavy atom. The molecule has 0 amide bonds. The van der Waals surface area contributed by atoms with Gasteiger partial charge >= 0.3 is 0 Å². The molecule has 1 aliphatic carbocycles. The molecule has 0 bridgehead atoms. The summed E-state index contributed by atoms with van der Waals surface area (Å²) in [7, 11) is 0. The van der Waals surface area contributed by atoms with Crippen molar-refractivity contribution in [2.45, 2.75) is 63.7 Å². The van der Waals surface area contributed by atoms with Gasteiger partial charge in [0.1, 0.15) is 0 Å². The lowest BCUT2D eigenvalue weighted by molar-refractivity contribution is 0.590. The third-order valence-corrected chi connectivity index (χ3v) is 4.72. The molecule has 2 N–H and O–H groups in total. The highest BCUT2D eigenvalue weighted by Crippen LogP contribution is 2.24. The van der Waals surface area contributed by atoms with Crippen molar-refractivity contribution in [3.8, 4) is 0 Å². The van der Waals surface area contributed by atoms with Crippen LogP contribution in [0.3, 0.4) is 0 Å². The minimum absolute atomic E-state index is 0.217. The van der Waals surface area contributed by atoms with E-state index in [0.29, 0.717) is 6.04 Å². The van der Waals surface area contributed by atoms with E-state index in [0.717, 1.165) is 10.9 Å². The van der Waals surface area contributed by atoms with Crippen LogP contribution in [-0.2, 0) is 11.2 Å². The first kappa shape index (κ1) is 15.4. The van der Waals surface area contributed by atoms with Crippen LogP contribution >= 0.6 is 11.8 Å². The van der Waals surface area contributed by atoms with E-state index in [2.05, 4.69) is 50.0 Å². The molecular formula is C17H26N2S. The van der Waals surface area contributed by atoms with E-state index in [1.807, 2.05) is 0 Å². The number of hydrogen-bond donors (Lipinski definition) is 1. The average Bonchev–Trinajstić information content (AvgIpc) is 2.88. The van der Waals surface area contributed by atoms with Gasteiger partial charge in [-0.15, -0.1) is 0 Å². The molecule has 2 nitrogen and oxygen atoms in total. The van der Waals surface area contributed by atoms with Gasteiger partial charge in [0.05, 0.1) is 6.04 Å². The minimum atomic E-state index is 0.217. The third kappa shape index (κ3) is 4.55. The number of hydrogen-bond acceptors (Lipinski definition) is 2. The minimum Gasteiger partial charge on any atom is -0.379 e. The quantitative estimate of drug-likeness (QED) is 0.658. The van der Waals surface area contributed by atoms with Crippen molar-refractivity contribution in [3.63, 3.8) is 0 Å². The molecule has 1 fully saturated rings. The fourth-order valence-corrected chi connectivity index (χ4v) is 3.24.